The number of benzene rings is 2. The maximum Gasteiger partial charge on any atom is 0.168 e. The highest BCUT2D eigenvalue weighted by Gasteiger charge is 2.45. The van der Waals surface area contributed by atoms with E-state index in [1.807, 2.05) is 25.1 Å². The Balaban J connectivity index is 2.05. The van der Waals surface area contributed by atoms with Crippen LogP contribution in [0.25, 0.3) is 0 Å². The van der Waals surface area contributed by atoms with Crippen LogP contribution in [0.1, 0.15) is 44.6 Å². The average molecular weight is 351 g/mol. The summed E-state index contributed by atoms with van der Waals surface area (Å²) in [7, 11) is 0. The summed E-state index contributed by atoms with van der Waals surface area (Å²) < 4.78 is 0. The number of ketones is 1. The van der Waals surface area contributed by atoms with Gasteiger partial charge in [0.1, 0.15) is 0 Å². The van der Waals surface area contributed by atoms with Crippen molar-refractivity contribution < 1.29 is 9.90 Å². The number of rotatable bonds is 4. The number of aryl methyl sites for hydroxylation is 4. The Morgan fingerprint density at radius 2 is 1.69 bits per heavy atom. The van der Waals surface area contributed by atoms with E-state index in [0.29, 0.717) is 6.54 Å². The summed E-state index contributed by atoms with van der Waals surface area (Å²) in [5, 5.41) is 13.8. The molecule has 0 saturated carbocycles. The normalized spacial score (nSPS) is 23.0. The van der Waals surface area contributed by atoms with Gasteiger partial charge in [-0.25, -0.2) is 0 Å². The molecule has 3 nitrogen and oxygen atoms in total. The lowest BCUT2D eigenvalue weighted by Gasteiger charge is -2.43. The average Bonchev–Trinajstić information content (AvgIpc) is 2.65. The molecule has 0 spiro atoms. The number of aliphatic hydroxyl groups is 1. The Hall–Kier alpha value is -1.97. The molecule has 0 radical (unpaired) electrons. The molecule has 26 heavy (non-hydrogen) atoms. The molecule has 2 aromatic rings. The van der Waals surface area contributed by atoms with Crippen LogP contribution in [0, 0.1) is 33.6 Å². The quantitative estimate of drug-likeness (QED) is 0.827. The largest absolute Gasteiger partial charge is 0.395 e. The molecule has 0 aromatic heterocycles. The van der Waals surface area contributed by atoms with Gasteiger partial charge in [-0.15, -0.1) is 0 Å². The highest BCUT2D eigenvalue weighted by atomic mass is 16.3. The lowest BCUT2D eigenvalue weighted by molar-refractivity contribution is 0.0658. The smallest absolute Gasteiger partial charge is 0.168 e. The van der Waals surface area contributed by atoms with E-state index in [9.17, 15) is 9.90 Å². The van der Waals surface area contributed by atoms with E-state index in [1.165, 1.54) is 16.7 Å². The predicted molar refractivity (Wildman–Crippen MR) is 106 cm³/mol. The van der Waals surface area contributed by atoms with Gasteiger partial charge < -0.3 is 10.4 Å². The lowest BCUT2D eigenvalue weighted by atomic mass is 9.64. The van der Waals surface area contributed by atoms with Gasteiger partial charge in [0.25, 0.3) is 0 Å². The van der Waals surface area contributed by atoms with E-state index in [4.69, 9.17) is 0 Å². The first-order chi connectivity index (χ1) is 12.4. The third-order valence-corrected chi connectivity index (χ3v) is 6.24. The zero-order valence-electron chi connectivity index (χ0n) is 16.2. The van der Waals surface area contributed by atoms with Crippen molar-refractivity contribution in [3.05, 3.63) is 69.8 Å². The second-order valence-corrected chi connectivity index (χ2v) is 7.78. The van der Waals surface area contributed by atoms with Crippen LogP contribution in [0.2, 0.25) is 0 Å². The minimum absolute atomic E-state index is 0.0154. The fourth-order valence-electron chi connectivity index (χ4n) is 4.04. The van der Waals surface area contributed by atoms with Crippen LogP contribution in [0.5, 0.6) is 0 Å². The van der Waals surface area contributed by atoms with E-state index < -0.39 is 5.41 Å². The van der Waals surface area contributed by atoms with Crippen molar-refractivity contribution >= 4 is 5.78 Å². The van der Waals surface area contributed by atoms with Crippen molar-refractivity contribution in [3.8, 4) is 0 Å². The van der Waals surface area contributed by atoms with Crippen molar-refractivity contribution in [2.75, 3.05) is 19.7 Å². The van der Waals surface area contributed by atoms with E-state index in [2.05, 4.69) is 44.3 Å². The number of carbonyl (C=O) groups excluding carboxylic acids is 1. The number of piperidine rings is 1. The topological polar surface area (TPSA) is 49.3 Å². The Kier molecular flexibility index (Phi) is 5.31. The minimum atomic E-state index is -0.528. The molecule has 138 valence electrons. The van der Waals surface area contributed by atoms with Crippen LogP contribution in [0.3, 0.4) is 0 Å². The SMILES string of the molecule is Cc1ccc(C(=O)C2CNCCC2(CO)c2ccc(C)c(C)c2)cc1C. The van der Waals surface area contributed by atoms with Gasteiger partial charge in [-0.05, 0) is 74.5 Å². The molecule has 2 atom stereocenters. The molecule has 0 aliphatic carbocycles. The Bertz CT molecular complexity index is 827. The Morgan fingerprint density at radius 1 is 1.04 bits per heavy atom. The first-order valence-corrected chi connectivity index (χ1v) is 9.40. The molecular formula is C23H29NO2. The van der Waals surface area contributed by atoms with Crippen LogP contribution in [0.4, 0.5) is 0 Å². The van der Waals surface area contributed by atoms with E-state index in [0.717, 1.165) is 29.7 Å². The molecule has 1 aliphatic rings. The number of aliphatic hydroxyl groups excluding tert-OH is 1. The summed E-state index contributed by atoms with van der Waals surface area (Å²) >= 11 is 0. The second-order valence-electron chi connectivity index (χ2n) is 7.78. The van der Waals surface area contributed by atoms with Gasteiger partial charge in [0.2, 0.25) is 0 Å². The molecule has 1 heterocycles. The summed E-state index contributed by atoms with van der Waals surface area (Å²) in [5.74, 6) is -0.155. The van der Waals surface area contributed by atoms with Gasteiger partial charge in [0.05, 0.1) is 6.61 Å². The van der Waals surface area contributed by atoms with Gasteiger partial charge >= 0.3 is 0 Å². The van der Waals surface area contributed by atoms with Gasteiger partial charge in [-0.1, -0.05) is 30.3 Å². The van der Waals surface area contributed by atoms with E-state index in [-0.39, 0.29) is 18.3 Å². The maximum absolute atomic E-state index is 13.4. The number of carbonyl (C=O) groups is 1. The third-order valence-electron chi connectivity index (χ3n) is 6.24. The lowest BCUT2D eigenvalue weighted by Crippen LogP contribution is -2.53. The molecule has 1 aliphatic heterocycles. The van der Waals surface area contributed by atoms with Crippen LogP contribution in [-0.4, -0.2) is 30.6 Å². The van der Waals surface area contributed by atoms with Crippen LogP contribution < -0.4 is 5.32 Å². The Morgan fingerprint density at radius 3 is 2.31 bits per heavy atom. The molecule has 2 unspecified atom stereocenters. The van der Waals surface area contributed by atoms with Gasteiger partial charge in [0.15, 0.2) is 5.78 Å². The first-order valence-electron chi connectivity index (χ1n) is 9.40. The van der Waals surface area contributed by atoms with Crippen LogP contribution in [0.15, 0.2) is 36.4 Å². The highest BCUT2D eigenvalue weighted by Crippen LogP contribution is 2.40. The van der Waals surface area contributed by atoms with Crippen molar-refractivity contribution in [2.24, 2.45) is 5.92 Å². The minimum Gasteiger partial charge on any atom is -0.395 e. The van der Waals surface area contributed by atoms with E-state index >= 15 is 0 Å². The van der Waals surface area contributed by atoms with Gasteiger partial charge in [-0.3, -0.25) is 4.79 Å². The van der Waals surface area contributed by atoms with Crippen molar-refractivity contribution in [2.45, 2.75) is 39.5 Å². The van der Waals surface area contributed by atoms with Gasteiger partial charge in [-0.2, -0.15) is 0 Å². The van der Waals surface area contributed by atoms with Crippen molar-refractivity contribution in [1.29, 1.82) is 0 Å². The summed E-state index contributed by atoms with van der Waals surface area (Å²) in [6.45, 7) is 9.66. The fraction of sp³-hybridized carbons (Fsp3) is 0.435. The molecule has 1 saturated heterocycles. The summed E-state index contributed by atoms with van der Waals surface area (Å²) in [6.07, 6.45) is 0.757. The number of nitrogens with one attached hydrogen (secondary N) is 1. The highest BCUT2D eigenvalue weighted by molar-refractivity contribution is 5.99. The molecule has 2 aromatic carbocycles. The molecule has 0 amide bonds. The molecule has 2 N–H and O–H groups in total. The molecule has 3 rings (SSSR count). The summed E-state index contributed by atoms with van der Waals surface area (Å²) in [6, 6.07) is 12.2. The van der Waals surface area contributed by atoms with Crippen molar-refractivity contribution in [3.63, 3.8) is 0 Å². The van der Waals surface area contributed by atoms with Crippen LogP contribution in [-0.2, 0) is 5.41 Å². The zero-order valence-corrected chi connectivity index (χ0v) is 16.2. The maximum atomic E-state index is 13.4. The third kappa shape index (κ3) is 3.22. The zero-order chi connectivity index (χ0) is 18.9. The Labute approximate surface area is 156 Å². The summed E-state index contributed by atoms with van der Waals surface area (Å²) in [4.78, 5) is 13.4. The molecule has 0 bridgehead atoms. The van der Waals surface area contributed by atoms with E-state index in [1.54, 1.807) is 0 Å². The first kappa shape index (κ1) is 18.8. The fourth-order valence-corrected chi connectivity index (χ4v) is 4.04. The van der Waals surface area contributed by atoms with Crippen LogP contribution >= 0.6 is 0 Å². The monoisotopic (exact) mass is 351 g/mol. The molecular weight excluding hydrogens is 322 g/mol. The predicted octanol–water partition coefficient (Wildman–Crippen LogP) is 3.64. The standard InChI is InChI=1S/C23H29NO2/c1-15-5-7-19(11-17(15)3)22(26)21-13-24-10-9-23(21,14-25)20-8-6-16(2)18(4)12-20/h5-8,11-12,21,24-25H,9-10,13-14H2,1-4H3. The number of Topliss-reactive ketones (excluding diaryl/α,β-unsaturated/α-hetero) is 1. The van der Waals surface area contributed by atoms with Gasteiger partial charge in [0, 0.05) is 23.4 Å². The molecule has 3 heteroatoms. The number of hydrogen-bond donors (Lipinski definition) is 2. The molecule has 1 fully saturated rings. The van der Waals surface area contributed by atoms with Crippen molar-refractivity contribution in [1.82, 2.24) is 5.32 Å². The second kappa shape index (κ2) is 7.34. The summed E-state index contributed by atoms with van der Waals surface area (Å²) in [5.41, 5.74) is 6.03. The number of hydrogen-bond acceptors (Lipinski definition) is 3.